The SMILES string of the molecule is O=C[C@H](NC(=O)CN1CCN(CC(=O)O)CCN(CC(=O)O)CCN(CC(=O)O)CC1)[C@@H](O)[C@H](O)[C@H](O)CO. The monoisotopic (exact) mass is 565 g/mol. The van der Waals surface area contributed by atoms with E-state index in [4.69, 9.17) is 5.11 Å². The Hall–Kier alpha value is -2.77. The number of aldehydes is 1. The van der Waals surface area contributed by atoms with Gasteiger partial charge in [-0.25, -0.2) is 0 Å². The Kier molecular flexibility index (Phi) is 15.6. The van der Waals surface area contributed by atoms with Crippen LogP contribution >= 0.6 is 0 Å². The van der Waals surface area contributed by atoms with E-state index in [-0.39, 0.29) is 84.8 Å². The summed E-state index contributed by atoms with van der Waals surface area (Å²) in [5.74, 6) is -4.03. The Morgan fingerprint density at radius 2 is 0.974 bits per heavy atom. The number of rotatable bonds is 14. The Morgan fingerprint density at radius 1 is 0.641 bits per heavy atom. The molecule has 4 atom stereocenters. The fraction of sp³-hybridized carbons (Fsp3) is 0.773. The van der Waals surface area contributed by atoms with E-state index in [9.17, 15) is 54.6 Å². The van der Waals surface area contributed by atoms with Gasteiger partial charge in [0.15, 0.2) is 0 Å². The first-order valence-corrected chi connectivity index (χ1v) is 12.3. The van der Waals surface area contributed by atoms with Gasteiger partial charge in [0.05, 0.1) is 32.8 Å². The van der Waals surface area contributed by atoms with Gasteiger partial charge in [0.2, 0.25) is 5.91 Å². The largest absolute Gasteiger partial charge is 0.480 e. The van der Waals surface area contributed by atoms with Crippen LogP contribution in [-0.2, 0) is 24.0 Å². The lowest BCUT2D eigenvalue weighted by Crippen LogP contribution is -2.55. The summed E-state index contributed by atoms with van der Waals surface area (Å²) in [6.07, 6.45) is -5.41. The molecule has 0 aromatic rings. The molecule has 0 radical (unpaired) electrons. The molecule has 8 N–H and O–H groups in total. The molecule has 1 heterocycles. The highest BCUT2D eigenvalue weighted by atomic mass is 16.4. The van der Waals surface area contributed by atoms with Crippen LogP contribution in [0.5, 0.6) is 0 Å². The molecule has 1 rings (SSSR count). The van der Waals surface area contributed by atoms with Crippen LogP contribution in [0.25, 0.3) is 0 Å². The van der Waals surface area contributed by atoms with Gasteiger partial charge in [0.25, 0.3) is 0 Å². The van der Waals surface area contributed by atoms with E-state index in [1.807, 2.05) is 0 Å². The van der Waals surface area contributed by atoms with Crippen LogP contribution in [0, 0.1) is 0 Å². The molecule has 1 fully saturated rings. The third kappa shape index (κ3) is 13.7. The highest BCUT2D eigenvalue weighted by Gasteiger charge is 2.32. The first-order valence-electron chi connectivity index (χ1n) is 12.3. The maximum atomic E-state index is 12.7. The number of carboxylic acid groups (broad SMARTS) is 3. The molecule has 0 aromatic heterocycles. The van der Waals surface area contributed by atoms with Crippen LogP contribution in [-0.4, -0.2) is 195 Å². The van der Waals surface area contributed by atoms with E-state index >= 15 is 0 Å². The van der Waals surface area contributed by atoms with Crippen molar-refractivity contribution >= 4 is 30.1 Å². The van der Waals surface area contributed by atoms with E-state index in [2.05, 4.69) is 5.32 Å². The lowest BCUT2D eigenvalue weighted by atomic mass is 10.0. The molecule has 0 aliphatic carbocycles. The lowest BCUT2D eigenvalue weighted by molar-refractivity contribution is -0.140. The van der Waals surface area contributed by atoms with Gasteiger partial charge in [-0.05, 0) is 0 Å². The molecule has 17 heteroatoms. The molecule has 0 unspecified atom stereocenters. The molecule has 224 valence electrons. The van der Waals surface area contributed by atoms with Gasteiger partial charge in [-0.2, -0.15) is 0 Å². The summed E-state index contributed by atoms with van der Waals surface area (Å²) in [6, 6.07) is -1.60. The van der Waals surface area contributed by atoms with E-state index in [0.717, 1.165) is 0 Å². The molecule has 1 saturated heterocycles. The van der Waals surface area contributed by atoms with Gasteiger partial charge in [0, 0.05) is 52.4 Å². The van der Waals surface area contributed by atoms with Crippen LogP contribution in [0.1, 0.15) is 0 Å². The summed E-state index contributed by atoms with van der Waals surface area (Å²) in [6.45, 7) is -0.741. The zero-order valence-electron chi connectivity index (χ0n) is 21.5. The van der Waals surface area contributed by atoms with Crippen molar-refractivity contribution in [3.05, 3.63) is 0 Å². The van der Waals surface area contributed by atoms with Gasteiger partial charge >= 0.3 is 17.9 Å². The van der Waals surface area contributed by atoms with E-state index in [1.54, 1.807) is 19.6 Å². The topological polar surface area (TPSA) is 252 Å². The molecule has 1 aliphatic rings. The first-order chi connectivity index (χ1) is 18.4. The van der Waals surface area contributed by atoms with Gasteiger partial charge in [-0.15, -0.1) is 0 Å². The number of amides is 1. The number of nitrogens with one attached hydrogen (secondary N) is 1. The zero-order chi connectivity index (χ0) is 29.5. The van der Waals surface area contributed by atoms with Crippen LogP contribution < -0.4 is 5.32 Å². The third-order valence-corrected chi connectivity index (χ3v) is 6.15. The van der Waals surface area contributed by atoms with Gasteiger partial charge in [0.1, 0.15) is 30.6 Å². The van der Waals surface area contributed by atoms with Crippen molar-refractivity contribution in [1.29, 1.82) is 0 Å². The minimum atomic E-state index is -1.91. The number of carbonyl (C=O) groups is 5. The smallest absolute Gasteiger partial charge is 0.317 e. The minimum absolute atomic E-state index is 0.153. The molecule has 1 amide bonds. The number of carboxylic acids is 3. The third-order valence-electron chi connectivity index (χ3n) is 6.15. The second kappa shape index (κ2) is 17.7. The summed E-state index contributed by atoms with van der Waals surface area (Å²) >= 11 is 0. The average Bonchev–Trinajstić information content (AvgIpc) is 2.86. The molecule has 17 nitrogen and oxygen atoms in total. The number of aliphatic carboxylic acids is 3. The molecule has 39 heavy (non-hydrogen) atoms. The molecule has 0 spiro atoms. The van der Waals surface area contributed by atoms with Crippen molar-refractivity contribution in [3.63, 3.8) is 0 Å². The maximum absolute atomic E-state index is 12.7. The number of aliphatic hydroxyl groups excluding tert-OH is 4. The van der Waals surface area contributed by atoms with Crippen molar-refractivity contribution in [1.82, 2.24) is 24.9 Å². The number of hydrogen-bond donors (Lipinski definition) is 8. The molecule has 0 aromatic carbocycles. The number of aliphatic hydroxyl groups is 4. The van der Waals surface area contributed by atoms with Gasteiger partial charge in [-0.1, -0.05) is 0 Å². The van der Waals surface area contributed by atoms with Crippen molar-refractivity contribution in [2.24, 2.45) is 0 Å². The molecule has 0 saturated carbocycles. The average molecular weight is 566 g/mol. The van der Waals surface area contributed by atoms with Gasteiger partial charge in [-0.3, -0.25) is 38.8 Å². The predicted molar refractivity (Wildman–Crippen MR) is 132 cm³/mol. The van der Waals surface area contributed by atoms with Crippen molar-refractivity contribution in [2.45, 2.75) is 24.4 Å². The minimum Gasteiger partial charge on any atom is -0.480 e. The zero-order valence-corrected chi connectivity index (χ0v) is 21.5. The van der Waals surface area contributed by atoms with E-state index < -0.39 is 54.8 Å². The second-order valence-corrected chi connectivity index (χ2v) is 9.25. The quantitative estimate of drug-likeness (QED) is 0.0913. The summed E-state index contributed by atoms with van der Waals surface area (Å²) in [5, 5.41) is 68.4. The standard InChI is InChI=1S/C22H39N5O12/c28-13-15(21(38)22(39)16(30)14-29)23-17(31)9-24-1-3-25(10-18(32)33)5-7-27(12-20(36)37)8-6-26(4-2-24)11-19(34)35/h13,15-16,21-22,29-30,38-39H,1-12,14H2,(H,23,31)(H,32,33)(H,34,35)(H,36,37)/t15-,16+,21+,22+/m0/s1. The number of carbonyl (C=O) groups excluding carboxylic acids is 2. The summed E-state index contributed by atoms with van der Waals surface area (Å²) < 4.78 is 0. The predicted octanol–water partition coefficient (Wildman–Crippen LogP) is -5.78. The van der Waals surface area contributed by atoms with Crippen molar-refractivity contribution in [2.75, 3.05) is 85.1 Å². The molecule has 1 aliphatic heterocycles. The molecule has 0 bridgehead atoms. The van der Waals surface area contributed by atoms with Crippen molar-refractivity contribution < 1.29 is 59.7 Å². The number of nitrogens with zero attached hydrogens (tertiary/aromatic N) is 4. The Morgan fingerprint density at radius 3 is 1.26 bits per heavy atom. The number of hydrogen-bond acceptors (Lipinski definition) is 13. The molecular weight excluding hydrogens is 526 g/mol. The Labute approximate surface area is 224 Å². The Balaban J connectivity index is 3.01. The summed E-state index contributed by atoms with van der Waals surface area (Å²) in [5.41, 5.74) is 0. The van der Waals surface area contributed by atoms with Crippen LogP contribution in [0.3, 0.4) is 0 Å². The van der Waals surface area contributed by atoms with E-state index in [0.29, 0.717) is 0 Å². The van der Waals surface area contributed by atoms with Gasteiger partial charge < -0.3 is 45.9 Å². The second-order valence-electron chi connectivity index (χ2n) is 9.25. The maximum Gasteiger partial charge on any atom is 0.317 e. The van der Waals surface area contributed by atoms with Crippen molar-refractivity contribution in [3.8, 4) is 0 Å². The summed E-state index contributed by atoms with van der Waals surface area (Å²) in [4.78, 5) is 64.4. The summed E-state index contributed by atoms with van der Waals surface area (Å²) in [7, 11) is 0. The fourth-order valence-electron chi connectivity index (χ4n) is 3.97. The Bertz CT molecular complexity index is 786. The van der Waals surface area contributed by atoms with Crippen LogP contribution in [0.2, 0.25) is 0 Å². The normalized spacial score (nSPS) is 20.5. The van der Waals surface area contributed by atoms with Crippen LogP contribution in [0.15, 0.2) is 0 Å². The highest BCUT2D eigenvalue weighted by molar-refractivity contribution is 5.81. The lowest BCUT2D eigenvalue weighted by Gasteiger charge is -2.33. The molecular formula is C22H39N5O12. The first kappa shape index (κ1) is 34.3. The van der Waals surface area contributed by atoms with E-state index in [1.165, 1.54) is 0 Å². The fourth-order valence-corrected chi connectivity index (χ4v) is 3.97. The highest BCUT2D eigenvalue weighted by Crippen LogP contribution is 2.05. The van der Waals surface area contributed by atoms with Crippen LogP contribution in [0.4, 0.5) is 0 Å².